The predicted molar refractivity (Wildman–Crippen MR) is 81.0 cm³/mol. The lowest BCUT2D eigenvalue weighted by Gasteiger charge is -2.24. The Morgan fingerprint density at radius 2 is 1.23 bits per heavy atom. The maximum atomic E-state index is 11.4. The van der Waals surface area contributed by atoms with E-state index in [0.717, 1.165) is 22.3 Å². The van der Waals surface area contributed by atoms with Crippen molar-refractivity contribution in [3.8, 4) is 11.1 Å². The van der Waals surface area contributed by atoms with E-state index >= 15 is 0 Å². The minimum atomic E-state index is -0.959. The molecule has 0 radical (unpaired) electrons. The predicted octanol–water partition coefficient (Wildman–Crippen LogP) is 3.25. The van der Waals surface area contributed by atoms with Crippen molar-refractivity contribution in [1.29, 1.82) is 0 Å². The zero-order valence-corrected chi connectivity index (χ0v) is 12.4. The molecule has 0 fully saturated rings. The van der Waals surface area contributed by atoms with Crippen LogP contribution >= 0.6 is 0 Å². The molecule has 4 nitrogen and oxygen atoms in total. The van der Waals surface area contributed by atoms with E-state index in [9.17, 15) is 9.59 Å². The van der Waals surface area contributed by atoms with Crippen LogP contribution in [0.5, 0.6) is 0 Å². The molecule has 0 amide bonds. The highest BCUT2D eigenvalue weighted by atomic mass is 16.7. The Morgan fingerprint density at radius 3 is 1.64 bits per heavy atom. The fourth-order valence-electron chi connectivity index (χ4n) is 2.98. The van der Waals surface area contributed by atoms with E-state index in [1.165, 1.54) is 13.8 Å². The number of rotatable bonds is 3. The van der Waals surface area contributed by atoms with Crippen LogP contribution in [0, 0.1) is 0 Å². The summed E-state index contributed by atoms with van der Waals surface area (Å²) in [5.74, 6) is -1.26. The van der Waals surface area contributed by atoms with Crippen LogP contribution in [-0.2, 0) is 19.1 Å². The van der Waals surface area contributed by atoms with Crippen molar-refractivity contribution in [1.82, 2.24) is 0 Å². The standard InChI is InChI=1S/C18H16O4/c1-11(19)21-18(22-12(2)20)17-15-9-5-3-7-13(15)14-8-4-6-10-16(14)17/h3-10,17-18H,1-2H3. The Balaban J connectivity index is 2.11. The summed E-state index contributed by atoms with van der Waals surface area (Å²) in [6.07, 6.45) is -0.959. The second-order valence-corrected chi connectivity index (χ2v) is 5.24. The van der Waals surface area contributed by atoms with E-state index in [1.54, 1.807) is 0 Å². The van der Waals surface area contributed by atoms with Gasteiger partial charge in [-0.2, -0.15) is 0 Å². The molecule has 0 heterocycles. The first-order valence-corrected chi connectivity index (χ1v) is 7.10. The maximum Gasteiger partial charge on any atom is 0.305 e. The molecular weight excluding hydrogens is 280 g/mol. The molecule has 0 N–H and O–H groups in total. The quantitative estimate of drug-likeness (QED) is 0.644. The zero-order chi connectivity index (χ0) is 15.7. The van der Waals surface area contributed by atoms with Gasteiger partial charge in [-0.15, -0.1) is 0 Å². The monoisotopic (exact) mass is 296 g/mol. The average molecular weight is 296 g/mol. The van der Waals surface area contributed by atoms with Crippen LogP contribution in [0.1, 0.15) is 30.9 Å². The first-order valence-electron chi connectivity index (χ1n) is 7.10. The first kappa shape index (κ1) is 14.3. The summed E-state index contributed by atoms with van der Waals surface area (Å²) in [5, 5.41) is 0. The Kier molecular flexibility index (Phi) is 3.67. The van der Waals surface area contributed by atoms with Crippen molar-refractivity contribution < 1.29 is 19.1 Å². The third kappa shape index (κ3) is 2.48. The van der Waals surface area contributed by atoms with Crippen LogP contribution in [0.2, 0.25) is 0 Å². The van der Waals surface area contributed by atoms with E-state index in [2.05, 4.69) is 0 Å². The third-order valence-corrected chi connectivity index (χ3v) is 3.72. The fourth-order valence-corrected chi connectivity index (χ4v) is 2.98. The van der Waals surface area contributed by atoms with Crippen LogP contribution in [0.3, 0.4) is 0 Å². The Hall–Kier alpha value is -2.62. The molecule has 1 aliphatic carbocycles. The minimum absolute atomic E-state index is 0.305. The van der Waals surface area contributed by atoms with Crippen LogP contribution in [0.25, 0.3) is 11.1 Å². The molecule has 112 valence electrons. The summed E-state index contributed by atoms with van der Waals surface area (Å²) >= 11 is 0. The summed E-state index contributed by atoms with van der Waals surface area (Å²) in [6.45, 7) is 2.62. The second kappa shape index (κ2) is 5.64. The lowest BCUT2D eigenvalue weighted by molar-refractivity contribution is -0.187. The molecule has 0 unspecified atom stereocenters. The summed E-state index contributed by atoms with van der Waals surface area (Å²) in [5.41, 5.74) is 4.15. The number of carbonyl (C=O) groups is 2. The van der Waals surface area contributed by atoms with Crippen molar-refractivity contribution in [2.75, 3.05) is 0 Å². The number of ether oxygens (including phenoxy) is 2. The van der Waals surface area contributed by atoms with Crippen molar-refractivity contribution in [3.63, 3.8) is 0 Å². The number of hydrogen-bond acceptors (Lipinski definition) is 4. The highest BCUT2D eigenvalue weighted by Crippen LogP contribution is 2.47. The van der Waals surface area contributed by atoms with Gasteiger partial charge in [0.05, 0.1) is 5.92 Å². The van der Waals surface area contributed by atoms with Crippen LogP contribution in [0.15, 0.2) is 48.5 Å². The van der Waals surface area contributed by atoms with Crippen LogP contribution in [0.4, 0.5) is 0 Å². The summed E-state index contributed by atoms with van der Waals surface area (Å²) < 4.78 is 10.6. The molecular formula is C18H16O4. The lowest BCUT2D eigenvalue weighted by atomic mass is 9.96. The molecule has 1 aliphatic rings. The molecule has 0 aliphatic heterocycles. The first-order chi connectivity index (χ1) is 10.6. The van der Waals surface area contributed by atoms with Gasteiger partial charge in [0.1, 0.15) is 0 Å². The average Bonchev–Trinajstić information content (AvgIpc) is 2.80. The molecule has 3 rings (SSSR count). The van der Waals surface area contributed by atoms with Crippen LogP contribution in [-0.4, -0.2) is 18.2 Å². The van der Waals surface area contributed by atoms with E-state index in [1.807, 2.05) is 48.5 Å². The Bertz CT molecular complexity index is 674. The zero-order valence-electron chi connectivity index (χ0n) is 12.4. The molecule has 0 aromatic heterocycles. The molecule has 4 heteroatoms. The summed E-state index contributed by atoms with van der Waals surface area (Å²) in [4.78, 5) is 22.8. The fraction of sp³-hybridized carbons (Fsp3) is 0.222. The number of carbonyl (C=O) groups excluding carboxylic acids is 2. The molecule has 0 saturated carbocycles. The van der Waals surface area contributed by atoms with Crippen molar-refractivity contribution >= 4 is 11.9 Å². The SMILES string of the molecule is CC(=O)OC(OC(C)=O)C1c2ccccc2-c2ccccc21. The normalized spacial score (nSPS) is 12.7. The molecule has 0 bridgehead atoms. The van der Waals surface area contributed by atoms with Crippen LogP contribution < -0.4 is 0 Å². The Morgan fingerprint density at radius 1 is 0.818 bits per heavy atom. The summed E-state index contributed by atoms with van der Waals surface area (Å²) in [6, 6.07) is 15.8. The molecule has 0 saturated heterocycles. The van der Waals surface area contributed by atoms with Gasteiger partial charge in [0, 0.05) is 13.8 Å². The third-order valence-electron chi connectivity index (χ3n) is 3.72. The van der Waals surface area contributed by atoms with Gasteiger partial charge in [-0.3, -0.25) is 9.59 Å². The van der Waals surface area contributed by atoms with Crippen molar-refractivity contribution in [2.24, 2.45) is 0 Å². The molecule has 22 heavy (non-hydrogen) atoms. The largest absolute Gasteiger partial charge is 0.424 e. The molecule has 0 atom stereocenters. The summed E-state index contributed by atoms with van der Waals surface area (Å²) in [7, 11) is 0. The highest BCUT2D eigenvalue weighted by Gasteiger charge is 2.37. The van der Waals surface area contributed by atoms with Gasteiger partial charge < -0.3 is 9.47 Å². The van der Waals surface area contributed by atoms with E-state index < -0.39 is 18.2 Å². The molecule has 2 aromatic carbocycles. The lowest BCUT2D eigenvalue weighted by Crippen LogP contribution is -2.29. The van der Waals surface area contributed by atoms with E-state index in [0.29, 0.717) is 0 Å². The molecule has 2 aromatic rings. The number of esters is 2. The van der Waals surface area contributed by atoms with Gasteiger partial charge in [-0.25, -0.2) is 0 Å². The van der Waals surface area contributed by atoms with Gasteiger partial charge in [0.2, 0.25) is 0 Å². The number of hydrogen-bond donors (Lipinski definition) is 0. The smallest absolute Gasteiger partial charge is 0.305 e. The second-order valence-electron chi connectivity index (χ2n) is 5.24. The van der Waals surface area contributed by atoms with Gasteiger partial charge in [0.15, 0.2) is 0 Å². The van der Waals surface area contributed by atoms with E-state index in [-0.39, 0.29) is 5.92 Å². The van der Waals surface area contributed by atoms with Gasteiger partial charge in [0.25, 0.3) is 6.29 Å². The van der Waals surface area contributed by atoms with Crippen molar-refractivity contribution in [2.45, 2.75) is 26.1 Å². The number of benzene rings is 2. The minimum Gasteiger partial charge on any atom is -0.424 e. The van der Waals surface area contributed by atoms with Gasteiger partial charge >= 0.3 is 11.9 Å². The molecule has 0 spiro atoms. The van der Waals surface area contributed by atoms with Gasteiger partial charge in [-0.05, 0) is 22.3 Å². The highest BCUT2D eigenvalue weighted by molar-refractivity contribution is 5.79. The van der Waals surface area contributed by atoms with Crippen molar-refractivity contribution in [3.05, 3.63) is 59.7 Å². The maximum absolute atomic E-state index is 11.4. The van der Waals surface area contributed by atoms with E-state index in [4.69, 9.17) is 9.47 Å². The topological polar surface area (TPSA) is 52.6 Å². The number of fused-ring (bicyclic) bond motifs is 3. The Labute approximate surface area is 128 Å². The van der Waals surface area contributed by atoms with Gasteiger partial charge in [-0.1, -0.05) is 48.5 Å².